The topological polar surface area (TPSA) is 67.6 Å². The van der Waals surface area contributed by atoms with E-state index in [2.05, 4.69) is 17.1 Å². The number of nitrogens with two attached hydrogens (primary N) is 1. The van der Waals surface area contributed by atoms with Gasteiger partial charge in [-0.2, -0.15) is 0 Å². The summed E-state index contributed by atoms with van der Waals surface area (Å²) in [5.41, 5.74) is 10.1. The number of rotatable bonds is 4. The number of amides is 1. The fourth-order valence-corrected chi connectivity index (χ4v) is 2.82. The molecular formula is C19H23N3O2. The number of ether oxygens (including phenoxy) is 1. The highest BCUT2D eigenvalue weighted by Crippen LogP contribution is 2.29. The summed E-state index contributed by atoms with van der Waals surface area (Å²) in [5.74, 6) is -0.127. The Morgan fingerprint density at radius 1 is 1.17 bits per heavy atom. The number of hydrogen-bond donors (Lipinski definition) is 2. The quantitative estimate of drug-likeness (QED) is 0.848. The van der Waals surface area contributed by atoms with Gasteiger partial charge in [0.05, 0.1) is 24.6 Å². The van der Waals surface area contributed by atoms with Crippen LogP contribution < -0.4 is 16.0 Å². The van der Waals surface area contributed by atoms with Crippen LogP contribution in [-0.2, 0) is 11.2 Å². The molecule has 1 fully saturated rings. The molecule has 24 heavy (non-hydrogen) atoms. The Hall–Kier alpha value is -2.53. The lowest BCUT2D eigenvalue weighted by Crippen LogP contribution is -2.36. The first-order valence-corrected chi connectivity index (χ1v) is 8.30. The number of nitrogens with zero attached hydrogens (tertiary/aromatic N) is 1. The van der Waals surface area contributed by atoms with Crippen LogP contribution in [0.15, 0.2) is 42.5 Å². The van der Waals surface area contributed by atoms with Crippen LogP contribution >= 0.6 is 0 Å². The number of morpholine rings is 1. The largest absolute Gasteiger partial charge is 0.399 e. The highest BCUT2D eigenvalue weighted by Gasteiger charge is 2.17. The summed E-state index contributed by atoms with van der Waals surface area (Å²) in [6, 6.07) is 13.3. The maximum atomic E-state index is 12.6. The molecule has 2 aromatic carbocycles. The average Bonchev–Trinajstić information content (AvgIpc) is 2.62. The maximum absolute atomic E-state index is 12.6. The van der Waals surface area contributed by atoms with Crippen molar-refractivity contribution in [2.24, 2.45) is 0 Å². The van der Waals surface area contributed by atoms with Gasteiger partial charge < -0.3 is 20.7 Å². The van der Waals surface area contributed by atoms with Gasteiger partial charge in [0.1, 0.15) is 0 Å². The Labute approximate surface area is 142 Å². The Kier molecular flexibility index (Phi) is 5.01. The molecule has 0 aliphatic carbocycles. The van der Waals surface area contributed by atoms with Gasteiger partial charge in [0.2, 0.25) is 0 Å². The van der Waals surface area contributed by atoms with Crippen molar-refractivity contribution in [3.63, 3.8) is 0 Å². The second-order valence-corrected chi connectivity index (χ2v) is 5.88. The van der Waals surface area contributed by atoms with Gasteiger partial charge in [-0.15, -0.1) is 0 Å². The highest BCUT2D eigenvalue weighted by atomic mass is 16.5. The lowest BCUT2D eigenvalue weighted by atomic mass is 10.1. The molecule has 0 atom stereocenters. The van der Waals surface area contributed by atoms with Gasteiger partial charge in [-0.05, 0) is 42.3 Å². The predicted octanol–water partition coefficient (Wildman–Crippen LogP) is 2.92. The third-order valence-corrected chi connectivity index (χ3v) is 4.24. The highest BCUT2D eigenvalue weighted by molar-refractivity contribution is 6.06. The summed E-state index contributed by atoms with van der Waals surface area (Å²) in [6.45, 7) is 5.08. The first-order chi connectivity index (χ1) is 11.7. The zero-order valence-electron chi connectivity index (χ0n) is 13.9. The number of hydrogen-bond acceptors (Lipinski definition) is 4. The fraction of sp³-hybridized carbons (Fsp3) is 0.316. The Bertz CT molecular complexity index is 707. The molecule has 0 spiro atoms. The molecule has 5 nitrogen and oxygen atoms in total. The van der Waals surface area contributed by atoms with Crippen LogP contribution in [0.1, 0.15) is 22.8 Å². The van der Waals surface area contributed by atoms with Crippen molar-refractivity contribution in [2.75, 3.05) is 42.3 Å². The molecule has 1 saturated heterocycles. The van der Waals surface area contributed by atoms with Crippen LogP contribution in [0.25, 0.3) is 0 Å². The molecule has 0 bridgehead atoms. The van der Waals surface area contributed by atoms with Crippen molar-refractivity contribution in [3.05, 3.63) is 53.6 Å². The van der Waals surface area contributed by atoms with Crippen molar-refractivity contribution >= 4 is 23.0 Å². The summed E-state index contributed by atoms with van der Waals surface area (Å²) >= 11 is 0. The van der Waals surface area contributed by atoms with Gasteiger partial charge in [0.25, 0.3) is 5.91 Å². The minimum atomic E-state index is -0.127. The Morgan fingerprint density at radius 3 is 2.54 bits per heavy atom. The normalized spacial score (nSPS) is 14.5. The monoisotopic (exact) mass is 325 g/mol. The number of nitrogen functional groups attached to an aromatic ring is 1. The summed E-state index contributed by atoms with van der Waals surface area (Å²) in [4.78, 5) is 14.8. The third kappa shape index (κ3) is 3.68. The number of nitrogens with one attached hydrogen (secondary N) is 1. The number of carbonyl (C=O) groups is 1. The second kappa shape index (κ2) is 7.36. The van der Waals surface area contributed by atoms with Crippen LogP contribution in [0.4, 0.5) is 17.1 Å². The SMILES string of the molecule is CCc1ccc(C(=O)Nc2cc(N)ccc2N2CCOCC2)cc1. The maximum Gasteiger partial charge on any atom is 0.255 e. The fourth-order valence-electron chi connectivity index (χ4n) is 2.82. The molecule has 126 valence electrons. The molecular weight excluding hydrogens is 302 g/mol. The molecule has 0 radical (unpaired) electrons. The van der Waals surface area contributed by atoms with Crippen LogP contribution in [-0.4, -0.2) is 32.2 Å². The van der Waals surface area contributed by atoms with Crippen molar-refractivity contribution in [1.82, 2.24) is 0 Å². The third-order valence-electron chi connectivity index (χ3n) is 4.24. The molecule has 5 heteroatoms. The molecule has 1 aliphatic rings. The van der Waals surface area contributed by atoms with E-state index in [-0.39, 0.29) is 5.91 Å². The minimum absolute atomic E-state index is 0.127. The molecule has 1 aliphatic heterocycles. The van der Waals surface area contributed by atoms with Gasteiger partial charge in [-0.25, -0.2) is 0 Å². The smallest absolute Gasteiger partial charge is 0.255 e. The number of anilines is 3. The van der Waals surface area contributed by atoms with Crippen molar-refractivity contribution in [3.8, 4) is 0 Å². The predicted molar refractivity (Wildman–Crippen MR) is 97.7 cm³/mol. The zero-order valence-corrected chi connectivity index (χ0v) is 13.9. The van der Waals surface area contributed by atoms with Crippen molar-refractivity contribution < 1.29 is 9.53 Å². The minimum Gasteiger partial charge on any atom is -0.399 e. The number of carbonyl (C=O) groups excluding carboxylic acids is 1. The molecule has 1 heterocycles. The number of benzene rings is 2. The van der Waals surface area contributed by atoms with E-state index >= 15 is 0 Å². The van der Waals surface area contributed by atoms with Gasteiger partial charge in [-0.3, -0.25) is 4.79 Å². The van der Waals surface area contributed by atoms with Crippen LogP contribution in [0.3, 0.4) is 0 Å². The van der Waals surface area contributed by atoms with E-state index in [1.165, 1.54) is 5.56 Å². The van der Waals surface area contributed by atoms with Crippen LogP contribution in [0.2, 0.25) is 0 Å². The molecule has 0 aromatic heterocycles. The van der Waals surface area contributed by atoms with E-state index < -0.39 is 0 Å². The Balaban J connectivity index is 1.82. The van der Waals surface area contributed by atoms with E-state index in [9.17, 15) is 4.79 Å². The summed E-state index contributed by atoms with van der Waals surface area (Å²) in [7, 11) is 0. The van der Waals surface area contributed by atoms with Gasteiger partial charge in [-0.1, -0.05) is 19.1 Å². The van der Waals surface area contributed by atoms with E-state index in [0.717, 1.165) is 30.9 Å². The summed E-state index contributed by atoms with van der Waals surface area (Å²) in [5, 5.41) is 3.00. The second-order valence-electron chi connectivity index (χ2n) is 5.88. The van der Waals surface area contributed by atoms with E-state index in [1.54, 1.807) is 0 Å². The molecule has 1 amide bonds. The first-order valence-electron chi connectivity index (χ1n) is 8.30. The standard InChI is InChI=1S/C19H23N3O2/c1-2-14-3-5-15(6-4-14)19(23)21-17-13-16(20)7-8-18(17)22-9-11-24-12-10-22/h3-8,13H,2,9-12,20H2,1H3,(H,21,23). The molecule has 0 saturated carbocycles. The van der Waals surface area contributed by atoms with Crippen molar-refractivity contribution in [2.45, 2.75) is 13.3 Å². The van der Waals surface area contributed by atoms with Crippen LogP contribution in [0, 0.1) is 0 Å². The molecule has 0 unspecified atom stereocenters. The van der Waals surface area contributed by atoms with E-state index in [4.69, 9.17) is 10.5 Å². The zero-order chi connectivity index (χ0) is 16.9. The number of aryl methyl sites for hydroxylation is 1. The lowest BCUT2D eigenvalue weighted by Gasteiger charge is -2.30. The summed E-state index contributed by atoms with van der Waals surface area (Å²) < 4.78 is 5.40. The average molecular weight is 325 g/mol. The van der Waals surface area contributed by atoms with Gasteiger partial charge in [0.15, 0.2) is 0 Å². The first kappa shape index (κ1) is 16.3. The molecule has 3 N–H and O–H groups in total. The van der Waals surface area contributed by atoms with Crippen molar-refractivity contribution in [1.29, 1.82) is 0 Å². The van der Waals surface area contributed by atoms with E-state index in [1.807, 2.05) is 42.5 Å². The van der Waals surface area contributed by atoms with E-state index in [0.29, 0.717) is 24.5 Å². The lowest BCUT2D eigenvalue weighted by molar-refractivity contribution is 0.102. The summed E-state index contributed by atoms with van der Waals surface area (Å²) in [6.07, 6.45) is 0.957. The Morgan fingerprint density at radius 2 is 1.88 bits per heavy atom. The van der Waals surface area contributed by atoms with Gasteiger partial charge in [0, 0.05) is 24.3 Å². The molecule has 3 rings (SSSR count). The van der Waals surface area contributed by atoms with Gasteiger partial charge >= 0.3 is 0 Å². The molecule has 2 aromatic rings. The van der Waals surface area contributed by atoms with Crippen LogP contribution in [0.5, 0.6) is 0 Å².